The van der Waals surface area contributed by atoms with Crippen molar-refractivity contribution >= 4 is 46.6 Å². The van der Waals surface area contributed by atoms with Crippen LogP contribution < -0.4 is 5.32 Å². The van der Waals surface area contributed by atoms with Crippen LogP contribution in [-0.4, -0.2) is 28.7 Å². The number of nitrogens with zero attached hydrogens (tertiary/aromatic N) is 1. The van der Waals surface area contributed by atoms with Gasteiger partial charge in [0.25, 0.3) is 11.6 Å². The zero-order valence-electron chi connectivity index (χ0n) is 14.6. The molecule has 0 unspecified atom stereocenters. The van der Waals surface area contributed by atoms with Gasteiger partial charge >= 0.3 is 5.97 Å². The highest BCUT2D eigenvalue weighted by atomic mass is 35.5. The SMILES string of the molecule is Cc1cc(Cl)ccc1NC(=O)COC(=O)[C@@H](C)Sc1ccc([N+](=O)[O-])cc1. The van der Waals surface area contributed by atoms with Crippen LogP contribution in [0, 0.1) is 17.0 Å². The predicted octanol–water partition coefficient (Wildman–Crippen LogP) is 4.22. The normalized spacial score (nSPS) is 11.5. The van der Waals surface area contributed by atoms with Gasteiger partial charge in [0.1, 0.15) is 5.25 Å². The van der Waals surface area contributed by atoms with Gasteiger partial charge < -0.3 is 10.1 Å². The molecule has 0 aromatic heterocycles. The van der Waals surface area contributed by atoms with Gasteiger partial charge in [0.05, 0.1) is 4.92 Å². The number of carbonyl (C=O) groups excluding carboxylic acids is 2. The van der Waals surface area contributed by atoms with E-state index in [0.29, 0.717) is 15.6 Å². The first kappa shape index (κ1) is 20.7. The lowest BCUT2D eigenvalue weighted by Gasteiger charge is -2.12. The average Bonchev–Trinajstić information content (AvgIpc) is 2.62. The van der Waals surface area contributed by atoms with Crippen LogP contribution in [0.1, 0.15) is 12.5 Å². The molecular weight excluding hydrogens is 392 g/mol. The van der Waals surface area contributed by atoms with Gasteiger partial charge in [-0.1, -0.05) is 11.6 Å². The van der Waals surface area contributed by atoms with E-state index in [1.54, 1.807) is 44.2 Å². The van der Waals surface area contributed by atoms with E-state index >= 15 is 0 Å². The topological polar surface area (TPSA) is 98.5 Å². The van der Waals surface area contributed by atoms with E-state index in [2.05, 4.69) is 5.32 Å². The number of nitrogens with one attached hydrogen (secondary N) is 1. The van der Waals surface area contributed by atoms with Gasteiger partial charge in [-0.25, -0.2) is 0 Å². The summed E-state index contributed by atoms with van der Waals surface area (Å²) in [7, 11) is 0. The van der Waals surface area contributed by atoms with Gasteiger partial charge in [-0.2, -0.15) is 0 Å². The molecule has 9 heteroatoms. The molecule has 7 nitrogen and oxygen atoms in total. The number of nitro groups is 1. The number of rotatable bonds is 7. The Bertz CT molecular complexity index is 857. The number of amides is 1. The second-order valence-electron chi connectivity index (χ2n) is 5.63. The van der Waals surface area contributed by atoms with Crippen molar-refractivity contribution in [1.82, 2.24) is 0 Å². The van der Waals surface area contributed by atoms with Crippen molar-refractivity contribution in [3.8, 4) is 0 Å². The Morgan fingerprint density at radius 1 is 1.26 bits per heavy atom. The molecule has 2 aromatic rings. The van der Waals surface area contributed by atoms with Crippen LogP contribution in [0.5, 0.6) is 0 Å². The molecule has 0 aliphatic heterocycles. The molecule has 2 rings (SSSR count). The van der Waals surface area contributed by atoms with Crippen molar-refractivity contribution in [2.45, 2.75) is 24.0 Å². The minimum absolute atomic E-state index is 0.0243. The maximum Gasteiger partial charge on any atom is 0.319 e. The highest BCUT2D eigenvalue weighted by molar-refractivity contribution is 8.00. The smallest absolute Gasteiger partial charge is 0.319 e. The molecule has 142 valence electrons. The Labute approximate surface area is 165 Å². The van der Waals surface area contributed by atoms with E-state index in [4.69, 9.17) is 16.3 Å². The second-order valence-corrected chi connectivity index (χ2v) is 7.48. The first-order valence-corrected chi connectivity index (χ1v) is 9.16. The van der Waals surface area contributed by atoms with Crippen molar-refractivity contribution in [2.24, 2.45) is 0 Å². The zero-order valence-corrected chi connectivity index (χ0v) is 16.2. The number of nitro benzene ring substituents is 1. The van der Waals surface area contributed by atoms with Crippen LogP contribution in [0.15, 0.2) is 47.4 Å². The van der Waals surface area contributed by atoms with Crippen molar-refractivity contribution in [2.75, 3.05) is 11.9 Å². The van der Waals surface area contributed by atoms with Crippen LogP contribution in [0.2, 0.25) is 5.02 Å². The molecule has 2 aromatic carbocycles. The Kier molecular flexibility index (Phi) is 7.20. The van der Waals surface area contributed by atoms with Crippen LogP contribution in [-0.2, 0) is 14.3 Å². The summed E-state index contributed by atoms with van der Waals surface area (Å²) in [5, 5.41) is 13.3. The Morgan fingerprint density at radius 3 is 2.52 bits per heavy atom. The molecule has 1 atom stereocenters. The van der Waals surface area contributed by atoms with E-state index in [9.17, 15) is 19.7 Å². The van der Waals surface area contributed by atoms with Gasteiger partial charge in [0.15, 0.2) is 6.61 Å². The summed E-state index contributed by atoms with van der Waals surface area (Å²) in [6.07, 6.45) is 0. The number of halogens is 1. The number of aryl methyl sites for hydroxylation is 1. The first-order chi connectivity index (χ1) is 12.8. The lowest BCUT2D eigenvalue weighted by Crippen LogP contribution is -2.25. The summed E-state index contributed by atoms with van der Waals surface area (Å²) in [6, 6.07) is 10.9. The fourth-order valence-electron chi connectivity index (χ4n) is 2.11. The Hall–Kier alpha value is -2.58. The molecule has 1 amide bonds. The molecule has 0 radical (unpaired) electrons. The third-order valence-corrected chi connectivity index (χ3v) is 4.83. The van der Waals surface area contributed by atoms with Crippen molar-refractivity contribution in [1.29, 1.82) is 0 Å². The molecular formula is C18H17ClN2O5S. The highest BCUT2D eigenvalue weighted by Gasteiger charge is 2.18. The van der Waals surface area contributed by atoms with E-state index in [1.807, 2.05) is 0 Å². The van der Waals surface area contributed by atoms with Gasteiger partial charge in [-0.05, 0) is 49.7 Å². The van der Waals surface area contributed by atoms with Gasteiger partial charge in [0.2, 0.25) is 0 Å². The number of esters is 1. The average molecular weight is 409 g/mol. The summed E-state index contributed by atoms with van der Waals surface area (Å²) in [5.41, 5.74) is 1.36. The van der Waals surface area contributed by atoms with Crippen LogP contribution in [0.4, 0.5) is 11.4 Å². The molecule has 0 heterocycles. The molecule has 0 saturated heterocycles. The quantitative estimate of drug-likeness (QED) is 0.319. The summed E-state index contributed by atoms with van der Waals surface area (Å²) >= 11 is 7.05. The van der Waals surface area contributed by atoms with E-state index in [0.717, 1.165) is 5.56 Å². The Balaban J connectivity index is 1.83. The third kappa shape index (κ3) is 6.26. The second kappa shape index (κ2) is 9.38. The maximum absolute atomic E-state index is 12.0. The monoisotopic (exact) mass is 408 g/mol. The molecule has 0 spiro atoms. The predicted molar refractivity (Wildman–Crippen MR) is 104 cm³/mol. The van der Waals surface area contributed by atoms with Crippen LogP contribution >= 0.6 is 23.4 Å². The van der Waals surface area contributed by atoms with Gasteiger partial charge in [-0.3, -0.25) is 19.7 Å². The minimum atomic E-state index is -0.573. The van der Waals surface area contributed by atoms with Crippen molar-refractivity contribution < 1.29 is 19.2 Å². The molecule has 1 N–H and O–H groups in total. The lowest BCUT2D eigenvalue weighted by atomic mass is 10.2. The van der Waals surface area contributed by atoms with Crippen LogP contribution in [0.25, 0.3) is 0 Å². The molecule has 0 aliphatic carbocycles. The van der Waals surface area contributed by atoms with E-state index in [1.165, 1.54) is 23.9 Å². The summed E-state index contributed by atoms with van der Waals surface area (Å²) < 4.78 is 5.03. The number of benzene rings is 2. The first-order valence-electron chi connectivity index (χ1n) is 7.90. The van der Waals surface area contributed by atoms with Crippen molar-refractivity contribution in [3.63, 3.8) is 0 Å². The standard InChI is InChI=1S/C18H17ClN2O5S/c1-11-9-13(19)3-8-16(11)20-17(22)10-26-18(23)12(2)27-15-6-4-14(5-7-15)21(24)25/h3-9,12H,10H2,1-2H3,(H,20,22)/t12-/m1/s1. The molecule has 0 bridgehead atoms. The van der Waals surface area contributed by atoms with Crippen LogP contribution in [0.3, 0.4) is 0 Å². The fraction of sp³-hybridized carbons (Fsp3) is 0.222. The maximum atomic E-state index is 12.0. The summed E-state index contributed by atoms with van der Waals surface area (Å²) in [5.74, 6) is -1.01. The largest absolute Gasteiger partial charge is 0.455 e. The highest BCUT2D eigenvalue weighted by Crippen LogP contribution is 2.26. The third-order valence-electron chi connectivity index (χ3n) is 3.50. The number of hydrogen-bond acceptors (Lipinski definition) is 6. The van der Waals surface area contributed by atoms with Crippen molar-refractivity contribution in [3.05, 3.63) is 63.2 Å². The Morgan fingerprint density at radius 2 is 1.93 bits per heavy atom. The van der Waals surface area contributed by atoms with E-state index < -0.39 is 28.7 Å². The number of ether oxygens (including phenoxy) is 1. The molecule has 0 fully saturated rings. The summed E-state index contributed by atoms with van der Waals surface area (Å²) in [6.45, 7) is 3.03. The number of thioether (sulfide) groups is 1. The summed E-state index contributed by atoms with van der Waals surface area (Å²) in [4.78, 5) is 34.8. The fourth-order valence-corrected chi connectivity index (χ4v) is 3.20. The molecule has 0 saturated carbocycles. The van der Waals surface area contributed by atoms with Gasteiger partial charge in [-0.15, -0.1) is 11.8 Å². The number of non-ortho nitro benzene ring substituents is 1. The lowest BCUT2D eigenvalue weighted by molar-refractivity contribution is -0.384. The molecule has 0 aliphatic rings. The zero-order chi connectivity index (χ0) is 20.0. The number of anilines is 1. The number of hydrogen-bond donors (Lipinski definition) is 1. The van der Waals surface area contributed by atoms with E-state index in [-0.39, 0.29) is 5.69 Å². The number of carbonyl (C=O) groups is 2. The van der Waals surface area contributed by atoms with Gasteiger partial charge in [0, 0.05) is 27.7 Å². The molecule has 27 heavy (non-hydrogen) atoms. The minimum Gasteiger partial charge on any atom is -0.455 e.